The Labute approximate surface area is 117 Å². The van der Waals surface area contributed by atoms with Gasteiger partial charge in [0, 0.05) is 17.0 Å². The van der Waals surface area contributed by atoms with E-state index in [4.69, 9.17) is 0 Å². The molecular formula is C14H19N3OS. The van der Waals surface area contributed by atoms with Crippen LogP contribution >= 0.6 is 11.3 Å². The predicted molar refractivity (Wildman–Crippen MR) is 77.2 cm³/mol. The summed E-state index contributed by atoms with van der Waals surface area (Å²) in [6, 6.07) is 6.12. The fourth-order valence-electron chi connectivity index (χ4n) is 2.12. The van der Waals surface area contributed by atoms with E-state index in [1.165, 1.54) is 4.88 Å². The maximum absolute atomic E-state index is 11.9. The van der Waals surface area contributed by atoms with Crippen molar-refractivity contribution in [2.75, 3.05) is 0 Å². The molecule has 1 atom stereocenters. The Kier molecular flexibility index (Phi) is 4.37. The molecule has 2 heterocycles. The van der Waals surface area contributed by atoms with E-state index in [0.29, 0.717) is 13.0 Å². The molecule has 1 amide bonds. The molecule has 2 aromatic rings. The Bertz CT molecular complexity index is 545. The van der Waals surface area contributed by atoms with Crippen LogP contribution in [0.25, 0.3) is 0 Å². The number of carbonyl (C=O) groups is 1. The summed E-state index contributed by atoms with van der Waals surface area (Å²) < 4.78 is 1.92. The first-order chi connectivity index (χ1) is 9.06. The van der Waals surface area contributed by atoms with Gasteiger partial charge in [0.25, 0.3) is 0 Å². The third-order valence-corrected chi connectivity index (χ3v) is 3.86. The fourth-order valence-corrected chi connectivity index (χ4v) is 2.76. The third-order valence-electron chi connectivity index (χ3n) is 2.98. The van der Waals surface area contributed by atoms with Crippen molar-refractivity contribution in [3.05, 3.63) is 39.8 Å². The molecule has 0 bridgehead atoms. The summed E-state index contributed by atoms with van der Waals surface area (Å²) in [5.41, 5.74) is 2.08. The molecule has 5 heteroatoms. The van der Waals surface area contributed by atoms with Crippen LogP contribution in [0.3, 0.4) is 0 Å². The number of hydrogen-bond donors (Lipinski definition) is 1. The largest absolute Gasteiger partial charge is 0.351 e. The molecule has 102 valence electrons. The lowest BCUT2D eigenvalue weighted by Gasteiger charge is -2.14. The summed E-state index contributed by atoms with van der Waals surface area (Å²) in [5.74, 6) is 0.0634. The first-order valence-corrected chi connectivity index (χ1v) is 7.26. The minimum atomic E-state index is 0.0634. The molecule has 0 unspecified atom stereocenters. The maximum atomic E-state index is 11.9. The Hall–Kier alpha value is -1.62. The van der Waals surface area contributed by atoms with E-state index in [2.05, 4.69) is 10.4 Å². The van der Waals surface area contributed by atoms with Crippen LogP contribution in [-0.4, -0.2) is 15.7 Å². The standard InChI is InChI=1S/C14H19N3OS/c1-10-7-11(2)17(16-10)12(3)8-14(18)15-9-13-5-4-6-19-13/h4-7,12H,8-9H2,1-3H3,(H,15,18)/t12-/m1/s1. The highest BCUT2D eigenvalue weighted by atomic mass is 32.1. The highest BCUT2D eigenvalue weighted by Crippen LogP contribution is 2.14. The van der Waals surface area contributed by atoms with E-state index in [-0.39, 0.29) is 11.9 Å². The molecule has 0 fully saturated rings. The molecule has 0 saturated heterocycles. The molecule has 4 nitrogen and oxygen atoms in total. The molecule has 19 heavy (non-hydrogen) atoms. The molecule has 0 aliphatic heterocycles. The molecule has 0 saturated carbocycles. The van der Waals surface area contributed by atoms with Crippen molar-refractivity contribution >= 4 is 17.2 Å². The summed E-state index contributed by atoms with van der Waals surface area (Å²) in [7, 11) is 0. The van der Waals surface area contributed by atoms with Gasteiger partial charge in [-0.15, -0.1) is 11.3 Å². The lowest BCUT2D eigenvalue weighted by Crippen LogP contribution is -2.25. The number of thiophene rings is 1. The smallest absolute Gasteiger partial charge is 0.222 e. The second-order valence-electron chi connectivity index (χ2n) is 4.78. The fraction of sp³-hybridized carbons (Fsp3) is 0.429. The van der Waals surface area contributed by atoms with E-state index >= 15 is 0 Å². The minimum absolute atomic E-state index is 0.0634. The van der Waals surface area contributed by atoms with Crippen molar-refractivity contribution in [3.63, 3.8) is 0 Å². The van der Waals surface area contributed by atoms with Crippen LogP contribution in [-0.2, 0) is 11.3 Å². The van der Waals surface area contributed by atoms with E-state index in [9.17, 15) is 4.79 Å². The number of aryl methyl sites for hydroxylation is 2. The quantitative estimate of drug-likeness (QED) is 0.913. The van der Waals surface area contributed by atoms with E-state index < -0.39 is 0 Å². The van der Waals surface area contributed by atoms with Gasteiger partial charge in [-0.25, -0.2) is 0 Å². The zero-order chi connectivity index (χ0) is 13.8. The molecule has 0 aliphatic rings. The highest BCUT2D eigenvalue weighted by molar-refractivity contribution is 7.09. The maximum Gasteiger partial charge on any atom is 0.222 e. The number of hydrogen-bond acceptors (Lipinski definition) is 3. The summed E-state index contributed by atoms with van der Waals surface area (Å²) in [5, 5.41) is 9.37. The van der Waals surface area contributed by atoms with E-state index in [0.717, 1.165) is 11.4 Å². The van der Waals surface area contributed by atoms with E-state index in [1.54, 1.807) is 11.3 Å². The summed E-state index contributed by atoms with van der Waals surface area (Å²) >= 11 is 1.65. The predicted octanol–water partition coefficient (Wildman–Crippen LogP) is 2.83. The number of aromatic nitrogens is 2. The molecule has 0 aliphatic carbocycles. The van der Waals surface area contributed by atoms with Crippen molar-refractivity contribution in [3.8, 4) is 0 Å². The van der Waals surface area contributed by atoms with E-state index in [1.807, 2.05) is 49.0 Å². The number of nitrogens with zero attached hydrogens (tertiary/aromatic N) is 2. The molecule has 2 aromatic heterocycles. The van der Waals surface area contributed by atoms with Gasteiger partial charge in [0.2, 0.25) is 5.91 Å². The van der Waals surface area contributed by atoms with Crippen molar-refractivity contribution in [1.82, 2.24) is 15.1 Å². The summed E-state index contributed by atoms with van der Waals surface area (Å²) in [6.45, 7) is 6.61. The first kappa shape index (κ1) is 13.8. The van der Waals surface area contributed by atoms with Crippen molar-refractivity contribution in [2.45, 2.75) is 39.8 Å². The lowest BCUT2D eigenvalue weighted by molar-refractivity contribution is -0.122. The molecule has 0 aromatic carbocycles. The lowest BCUT2D eigenvalue weighted by atomic mass is 10.2. The van der Waals surface area contributed by atoms with Gasteiger partial charge in [-0.1, -0.05) is 6.07 Å². The Morgan fingerprint density at radius 3 is 2.89 bits per heavy atom. The average molecular weight is 277 g/mol. The highest BCUT2D eigenvalue weighted by Gasteiger charge is 2.13. The monoisotopic (exact) mass is 277 g/mol. The van der Waals surface area contributed by atoms with Crippen LogP contribution in [0.2, 0.25) is 0 Å². The van der Waals surface area contributed by atoms with Crippen LogP contribution in [0.4, 0.5) is 0 Å². The van der Waals surface area contributed by atoms with Crippen LogP contribution in [0.5, 0.6) is 0 Å². The Morgan fingerprint density at radius 1 is 1.53 bits per heavy atom. The number of rotatable bonds is 5. The molecule has 0 spiro atoms. The average Bonchev–Trinajstić information content (AvgIpc) is 2.96. The van der Waals surface area contributed by atoms with Crippen molar-refractivity contribution < 1.29 is 4.79 Å². The topological polar surface area (TPSA) is 46.9 Å². The number of carbonyl (C=O) groups excluding carboxylic acids is 1. The Balaban J connectivity index is 1.86. The summed E-state index contributed by atoms with van der Waals surface area (Å²) in [6.07, 6.45) is 0.452. The van der Waals surface area contributed by atoms with Gasteiger partial charge in [0.1, 0.15) is 0 Å². The van der Waals surface area contributed by atoms with Gasteiger partial charge in [-0.3, -0.25) is 9.48 Å². The molecule has 2 rings (SSSR count). The molecule has 1 N–H and O–H groups in total. The van der Waals surface area contributed by atoms with Gasteiger partial charge < -0.3 is 5.32 Å². The van der Waals surface area contributed by atoms with Gasteiger partial charge in [-0.05, 0) is 38.3 Å². The number of nitrogens with one attached hydrogen (secondary N) is 1. The molecular weight excluding hydrogens is 258 g/mol. The second kappa shape index (κ2) is 6.02. The first-order valence-electron chi connectivity index (χ1n) is 6.38. The van der Waals surface area contributed by atoms with Gasteiger partial charge in [0.15, 0.2) is 0 Å². The third kappa shape index (κ3) is 3.67. The molecule has 0 radical (unpaired) electrons. The number of amides is 1. The minimum Gasteiger partial charge on any atom is -0.351 e. The van der Waals surface area contributed by atoms with Crippen LogP contribution < -0.4 is 5.32 Å². The van der Waals surface area contributed by atoms with Crippen LogP contribution in [0.1, 0.15) is 35.7 Å². The van der Waals surface area contributed by atoms with Crippen LogP contribution in [0.15, 0.2) is 23.6 Å². The SMILES string of the molecule is Cc1cc(C)n([C@H](C)CC(=O)NCc2cccs2)n1. The zero-order valence-corrected chi connectivity index (χ0v) is 12.3. The van der Waals surface area contributed by atoms with Gasteiger partial charge >= 0.3 is 0 Å². The van der Waals surface area contributed by atoms with Gasteiger partial charge in [-0.2, -0.15) is 5.10 Å². The normalized spacial score (nSPS) is 12.4. The Morgan fingerprint density at radius 2 is 2.32 bits per heavy atom. The van der Waals surface area contributed by atoms with Crippen LogP contribution in [0, 0.1) is 13.8 Å². The van der Waals surface area contributed by atoms with Crippen molar-refractivity contribution in [1.29, 1.82) is 0 Å². The zero-order valence-electron chi connectivity index (χ0n) is 11.5. The second-order valence-corrected chi connectivity index (χ2v) is 5.81. The van der Waals surface area contributed by atoms with Gasteiger partial charge in [0.05, 0.1) is 18.3 Å². The van der Waals surface area contributed by atoms with Crippen molar-refractivity contribution in [2.24, 2.45) is 0 Å². The summed E-state index contributed by atoms with van der Waals surface area (Å²) in [4.78, 5) is 13.1.